The highest BCUT2D eigenvalue weighted by molar-refractivity contribution is 6.07. The molecular weight excluding hydrogens is 424 g/mol. The minimum atomic E-state index is -0.731. The second kappa shape index (κ2) is 7.99. The lowest BCUT2D eigenvalue weighted by Crippen LogP contribution is -2.55. The van der Waals surface area contributed by atoms with E-state index >= 15 is 0 Å². The maximum absolute atomic E-state index is 13.6. The molecule has 2 fully saturated rings. The number of piperidine rings is 1. The molecule has 4 aromatic rings. The number of carbonyl (C=O) groups is 2. The molecule has 0 aliphatic carbocycles. The van der Waals surface area contributed by atoms with Gasteiger partial charge in [0.1, 0.15) is 5.54 Å². The van der Waals surface area contributed by atoms with Crippen LogP contribution in [0, 0.1) is 0 Å². The zero-order valence-corrected chi connectivity index (χ0v) is 19.3. The van der Waals surface area contributed by atoms with Gasteiger partial charge in [-0.25, -0.2) is 4.79 Å². The summed E-state index contributed by atoms with van der Waals surface area (Å²) in [5, 5.41) is 3.49. The summed E-state index contributed by atoms with van der Waals surface area (Å²) in [6.07, 6.45) is 1.31. The number of imide groups is 1. The lowest BCUT2D eigenvalue weighted by molar-refractivity contribution is -0.135. The molecule has 6 heteroatoms. The number of urea groups is 1. The van der Waals surface area contributed by atoms with Crippen molar-refractivity contribution in [3.05, 3.63) is 84.1 Å². The minimum absolute atomic E-state index is 0.0570. The summed E-state index contributed by atoms with van der Waals surface area (Å²) < 4.78 is 0. The van der Waals surface area contributed by atoms with Crippen molar-refractivity contribution in [2.75, 3.05) is 20.1 Å². The van der Waals surface area contributed by atoms with Crippen LogP contribution in [-0.2, 0) is 17.9 Å². The van der Waals surface area contributed by atoms with Crippen LogP contribution in [0.5, 0.6) is 0 Å². The Morgan fingerprint density at radius 2 is 1.53 bits per heavy atom. The Balaban J connectivity index is 1.16. The van der Waals surface area contributed by atoms with E-state index in [0.717, 1.165) is 41.5 Å². The lowest BCUT2D eigenvalue weighted by Gasteiger charge is -2.40. The highest BCUT2D eigenvalue weighted by Gasteiger charge is 2.56. The third-order valence-electron chi connectivity index (χ3n) is 7.62. The van der Waals surface area contributed by atoms with E-state index in [1.54, 1.807) is 11.9 Å². The van der Waals surface area contributed by atoms with E-state index in [1.165, 1.54) is 16.0 Å². The Kier molecular flexibility index (Phi) is 4.92. The van der Waals surface area contributed by atoms with Gasteiger partial charge in [0, 0.05) is 37.9 Å². The van der Waals surface area contributed by atoms with Gasteiger partial charge in [-0.2, -0.15) is 0 Å². The van der Waals surface area contributed by atoms with E-state index in [9.17, 15) is 9.59 Å². The predicted molar refractivity (Wildman–Crippen MR) is 133 cm³/mol. The number of aromatic nitrogens is 1. The van der Waals surface area contributed by atoms with Crippen LogP contribution < -0.4 is 0 Å². The van der Waals surface area contributed by atoms with Crippen LogP contribution in [0.15, 0.2) is 72.8 Å². The number of fused-ring (bicyclic) bond motifs is 2. The lowest BCUT2D eigenvalue weighted by atomic mass is 9.86. The molecule has 6 nitrogen and oxygen atoms in total. The number of hydrogen-bond donors (Lipinski definition) is 1. The summed E-state index contributed by atoms with van der Waals surface area (Å²) in [5.74, 6) is -0.0570. The average molecular weight is 453 g/mol. The molecule has 1 N–H and O–H groups in total. The molecule has 3 amide bonds. The first kappa shape index (κ1) is 20.9. The number of likely N-dealkylation sites (tertiary alicyclic amines) is 1. The summed E-state index contributed by atoms with van der Waals surface area (Å²) in [7, 11) is 1.79. The van der Waals surface area contributed by atoms with Gasteiger partial charge in [-0.15, -0.1) is 0 Å². The zero-order valence-electron chi connectivity index (χ0n) is 19.3. The van der Waals surface area contributed by atoms with Gasteiger partial charge in [0.2, 0.25) is 0 Å². The number of nitrogens with one attached hydrogen (secondary N) is 1. The first-order valence-electron chi connectivity index (χ1n) is 11.9. The summed E-state index contributed by atoms with van der Waals surface area (Å²) in [6, 6.07) is 24.6. The van der Waals surface area contributed by atoms with Crippen molar-refractivity contribution >= 4 is 33.6 Å². The molecule has 0 atom stereocenters. The van der Waals surface area contributed by atoms with E-state index in [0.29, 0.717) is 19.4 Å². The number of amides is 3. The fourth-order valence-corrected chi connectivity index (χ4v) is 5.59. The van der Waals surface area contributed by atoms with Crippen molar-refractivity contribution in [2.45, 2.75) is 31.5 Å². The molecule has 0 unspecified atom stereocenters. The Labute approximate surface area is 198 Å². The number of benzene rings is 3. The fourth-order valence-electron chi connectivity index (χ4n) is 5.59. The highest BCUT2D eigenvalue weighted by atomic mass is 16.2. The van der Waals surface area contributed by atoms with Gasteiger partial charge in [-0.1, -0.05) is 54.6 Å². The normalized spacial score (nSPS) is 18.6. The molecule has 0 saturated carbocycles. The van der Waals surface area contributed by atoms with Crippen LogP contribution in [-0.4, -0.2) is 57.3 Å². The van der Waals surface area contributed by atoms with Crippen LogP contribution in [0.2, 0.25) is 0 Å². The van der Waals surface area contributed by atoms with Crippen molar-refractivity contribution in [1.29, 1.82) is 0 Å². The monoisotopic (exact) mass is 452 g/mol. The molecule has 2 saturated heterocycles. The Morgan fingerprint density at radius 1 is 0.824 bits per heavy atom. The highest BCUT2D eigenvalue weighted by Crippen LogP contribution is 2.37. The number of nitrogens with zero attached hydrogens (tertiary/aromatic N) is 3. The number of carbonyl (C=O) groups excluding carboxylic acids is 2. The molecular formula is C28H28N4O2. The van der Waals surface area contributed by atoms with Gasteiger partial charge < -0.3 is 9.88 Å². The third kappa shape index (κ3) is 3.37. The van der Waals surface area contributed by atoms with Crippen LogP contribution in [0.3, 0.4) is 0 Å². The zero-order chi connectivity index (χ0) is 23.3. The van der Waals surface area contributed by atoms with Gasteiger partial charge in [0.25, 0.3) is 5.91 Å². The number of aromatic amines is 1. The summed E-state index contributed by atoms with van der Waals surface area (Å²) >= 11 is 0. The Bertz CT molecular complexity index is 1370. The number of likely N-dealkylation sites (N-methyl/N-ethyl adjacent to an activating group) is 1. The van der Waals surface area contributed by atoms with Crippen molar-refractivity contribution in [2.24, 2.45) is 0 Å². The molecule has 0 radical (unpaired) electrons. The van der Waals surface area contributed by atoms with Gasteiger partial charge in [0.15, 0.2) is 0 Å². The average Bonchev–Trinajstić information content (AvgIpc) is 3.35. The molecule has 2 aliphatic heterocycles. The molecule has 6 rings (SSSR count). The molecule has 3 heterocycles. The maximum atomic E-state index is 13.6. The van der Waals surface area contributed by atoms with Crippen molar-refractivity contribution in [3.63, 3.8) is 0 Å². The molecule has 172 valence electrons. The van der Waals surface area contributed by atoms with E-state index in [4.69, 9.17) is 0 Å². The van der Waals surface area contributed by atoms with Gasteiger partial charge in [0.05, 0.1) is 6.54 Å². The Morgan fingerprint density at radius 3 is 2.29 bits per heavy atom. The van der Waals surface area contributed by atoms with Crippen molar-refractivity contribution in [1.82, 2.24) is 19.7 Å². The van der Waals surface area contributed by atoms with Crippen molar-refractivity contribution < 1.29 is 9.59 Å². The SMILES string of the molecule is CN1C(=O)N(Cc2ccc3ccccc3c2)C(=O)C12CCN(Cc1cc3ccccc3[nH]1)CC2. The second-order valence-electron chi connectivity index (χ2n) is 9.60. The Hall–Kier alpha value is -3.64. The number of hydrogen-bond acceptors (Lipinski definition) is 3. The molecule has 3 aromatic carbocycles. The van der Waals surface area contributed by atoms with E-state index in [-0.39, 0.29) is 11.9 Å². The molecule has 34 heavy (non-hydrogen) atoms. The van der Waals surface area contributed by atoms with Crippen molar-refractivity contribution in [3.8, 4) is 0 Å². The standard InChI is InChI=1S/C28H28N4O2/c1-30-27(34)32(18-20-10-11-21-6-2-3-7-22(21)16-20)26(33)28(30)12-14-31(15-13-28)19-24-17-23-8-4-5-9-25(23)29-24/h2-11,16-17,29H,12-15,18-19H2,1H3. The van der Waals surface area contributed by atoms with Crippen LogP contribution in [0.4, 0.5) is 4.79 Å². The topological polar surface area (TPSA) is 59.7 Å². The maximum Gasteiger partial charge on any atom is 0.327 e. The second-order valence-corrected chi connectivity index (χ2v) is 9.60. The quantitative estimate of drug-likeness (QED) is 0.455. The molecule has 1 spiro atoms. The number of para-hydroxylation sites is 1. The number of rotatable bonds is 4. The first-order chi connectivity index (χ1) is 16.5. The number of H-pyrrole nitrogens is 1. The summed E-state index contributed by atoms with van der Waals surface area (Å²) in [6.45, 7) is 2.69. The first-order valence-corrected chi connectivity index (χ1v) is 11.9. The third-order valence-corrected chi connectivity index (χ3v) is 7.62. The van der Waals surface area contributed by atoms with E-state index in [2.05, 4.69) is 52.3 Å². The smallest absolute Gasteiger partial charge is 0.327 e. The minimum Gasteiger partial charge on any atom is -0.357 e. The molecule has 2 aliphatic rings. The van der Waals surface area contributed by atoms with Gasteiger partial charge in [-0.05, 0) is 52.8 Å². The van der Waals surface area contributed by atoms with Gasteiger partial charge >= 0.3 is 6.03 Å². The predicted octanol–water partition coefficient (Wildman–Crippen LogP) is 4.75. The molecule has 1 aromatic heterocycles. The van der Waals surface area contributed by atoms with Crippen LogP contribution in [0.25, 0.3) is 21.7 Å². The van der Waals surface area contributed by atoms with Gasteiger partial charge in [-0.3, -0.25) is 14.6 Å². The van der Waals surface area contributed by atoms with Crippen LogP contribution in [0.1, 0.15) is 24.1 Å². The van der Waals surface area contributed by atoms with Crippen LogP contribution >= 0.6 is 0 Å². The fraction of sp³-hybridized carbons (Fsp3) is 0.286. The largest absolute Gasteiger partial charge is 0.357 e. The van der Waals surface area contributed by atoms with E-state index < -0.39 is 5.54 Å². The summed E-state index contributed by atoms with van der Waals surface area (Å²) in [5.41, 5.74) is 2.57. The molecule has 0 bridgehead atoms. The van der Waals surface area contributed by atoms with E-state index in [1.807, 2.05) is 30.3 Å². The summed E-state index contributed by atoms with van der Waals surface area (Å²) in [4.78, 5) is 35.7.